The minimum absolute atomic E-state index is 0.00935. The zero-order valence-corrected chi connectivity index (χ0v) is 40.3. The van der Waals surface area contributed by atoms with Crippen molar-refractivity contribution in [3.05, 3.63) is 195 Å². The standard InChI is InChI=1S/C55H54N6O8S/c1-34-24-42(28-45-50(34)57-30-46(53(56)64)51(45)59-39-17-11-18-40(27-39)68-5)70(66,67)41-19-10-15-37(26-41)32-61(4)54(65)38-16-9-14-36(25-38)29-55(2,3)58-31-47(62)43-20-22-48(52-44(43)21-23-49(63)60-52)69-33-35-12-7-6-8-13-35/h6-28,30,47,58,62H,29,31-33H2,1-5H3,(H2,56,64)(H,57,59)(H,60,63)/t47-/m0/s1. The molecule has 15 heteroatoms. The van der Waals surface area contributed by atoms with Crippen molar-refractivity contribution in [3.63, 3.8) is 0 Å². The van der Waals surface area contributed by atoms with E-state index in [0.29, 0.717) is 80.0 Å². The molecule has 0 aliphatic carbocycles. The van der Waals surface area contributed by atoms with Gasteiger partial charge in [-0.1, -0.05) is 66.7 Å². The molecule has 1 atom stereocenters. The Morgan fingerprint density at radius 3 is 2.36 bits per heavy atom. The van der Waals surface area contributed by atoms with Crippen LogP contribution in [0.2, 0.25) is 0 Å². The molecule has 0 saturated carbocycles. The van der Waals surface area contributed by atoms with E-state index in [0.717, 1.165) is 11.1 Å². The molecule has 0 unspecified atom stereocenters. The maximum Gasteiger partial charge on any atom is 0.253 e. The quantitative estimate of drug-likeness (QED) is 0.0551. The number of amides is 2. The van der Waals surface area contributed by atoms with Gasteiger partial charge in [0.15, 0.2) is 0 Å². The molecule has 14 nitrogen and oxygen atoms in total. The molecule has 0 aliphatic rings. The zero-order valence-electron chi connectivity index (χ0n) is 39.4. The summed E-state index contributed by atoms with van der Waals surface area (Å²) in [5, 5.41) is 19.3. The van der Waals surface area contributed by atoms with E-state index in [1.807, 2.05) is 68.4 Å². The topological polar surface area (TPSA) is 206 Å². The van der Waals surface area contributed by atoms with Gasteiger partial charge >= 0.3 is 0 Å². The summed E-state index contributed by atoms with van der Waals surface area (Å²) in [5.41, 5.74) is 11.1. The minimum Gasteiger partial charge on any atom is -0.497 e. The molecule has 8 rings (SSSR count). The number of primary amides is 1. The second-order valence-corrected chi connectivity index (χ2v) is 19.9. The van der Waals surface area contributed by atoms with Crippen molar-refractivity contribution in [2.24, 2.45) is 5.73 Å². The van der Waals surface area contributed by atoms with E-state index in [1.54, 1.807) is 87.8 Å². The lowest BCUT2D eigenvalue weighted by Gasteiger charge is -2.29. The maximum absolute atomic E-state index is 14.4. The zero-order chi connectivity index (χ0) is 49.7. The molecule has 2 amide bonds. The predicted octanol–water partition coefficient (Wildman–Crippen LogP) is 8.56. The second kappa shape index (κ2) is 20.4. The Kier molecular flexibility index (Phi) is 14.2. The van der Waals surface area contributed by atoms with Crippen LogP contribution in [0, 0.1) is 6.92 Å². The summed E-state index contributed by atoms with van der Waals surface area (Å²) >= 11 is 0. The monoisotopic (exact) mass is 958 g/mol. The molecular formula is C55H54N6O8S. The fraction of sp³-hybridized carbons (Fsp3) is 0.200. The largest absolute Gasteiger partial charge is 0.497 e. The Bertz CT molecular complexity index is 3430. The minimum atomic E-state index is -4.13. The van der Waals surface area contributed by atoms with E-state index in [2.05, 4.69) is 20.6 Å². The van der Waals surface area contributed by atoms with Crippen LogP contribution in [0.4, 0.5) is 11.4 Å². The number of hydrogen-bond donors (Lipinski definition) is 5. The van der Waals surface area contributed by atoms with Gasteiger partial charge in [0.05, 0.1) is 45.3 Å². The number of hydrogen-bond acceptors (Lipinski definition) is 11. The average Bonchev–Trinajstić information content (AvgIpc) is 3.35. The number of aliphatic hydroxyl groups is 1. The number of fused-ring (bicyclic) bond motifs is 2. The van der Waals surface area contributed by atoms with Crippen molar-refractivity contribution < 1.29 is 32.6 Å². The van der Waals surface area contributed by atoms with E-state index in [4.69, 9.17) is 15.2 Å². The number of carbonyl (C=O) groups excluding carboxylic acids is 2. The van der Waals surface area contributed by atoms with Crippen LogP contribution in [0.25, 0.3) is 21.8 Å². The van der Waals surface area contributed by atoms with Crippen LogP contribution in [-0.4, -0.2) is 66.4 Å². The highest BCUT2D eigenvalue weighted by Crippen LogP contribution is 2.36. The Labute approximate surface area is 406 Å². The van der Waals surface area contributed by atoms with Gasteiger partial charge in [0, 0.05) is 66.0 Å². The first-order chi connectivity index (χ1) is 33.5. The second-order valence-electron chi connectivity index (χ2n) is 17.9. The number of ether oxygens (including phenoxy) is 2. The Morgan fingerprint density at radius 2 is 1.59 bits per heavy atom. The summed E-state index contributed by atoms with van der Waals surface area (Å²) < 4.78 is 40.2. The number of aromatic nitrogens is 2. The van der Waals surface area contributed by atoms with E-state index >= 15 is 0 Å². The third kappa shape index (κ3) is 10.9. The number of nitrogens with one attached hydrogen (secondary N) is 3. The van der Waals surface area contributed by atoms with Gasteiger partial charge in [0.25, 0.3) is 11.8 Å². The van der Waals surface area contributed by atoms with Crippen LogP contribution in [-0.2, 0) is 29.4 Å². The fourth-order valence-corrected chi connectivity index (χ4v) is 9.99. The van der Waals surface area contributed by atoms with Crippen LogP contribution in [0.1, 0.15) is 68.5 Å². The van der Waals surface area contributed by atoms with Gasteiger partial charge in [-0.2, -0.15) is 0 Å². The fourth-order valence-electron chi connectivity index (χ4n) is 8.55. The first kappa shape index (κ1) is 48.6. The lowest BCUT2D eigenvalue weighted by molar-refractivity contribution is 0.0784. The van der Waals surface area contributed by atoms with Gasteiger partial charge in [-0.3, -0.25) is 19.4 Å². The molecule has 2 aromatic heterocycles. The smallest absolute Gasteiger partial charge is 0.253 e. The molecule has 358 valence electrons. The SMILES string of the molecule is COc1cccc(Nc2c(C(N)=O)cnc3c(C)cc(S(=O)(=O)c4cccc(CN(C)C(=O)c5cccc(CC(C)(C)NC[C@H](O)c6ccc(OCc7ccccc7)c7[nH]c(=O)ccc67)c5)c4)cc23)c1. The van der Waals surface area contributed by atoms with Gasteiger partial charge in [0.2, 0.25) is 15.4 Å². The molecule has 0 fully saturated rings. The summed E-state index contributed by atoms with van der Waals surface area (Å²) in [5.74, 6) is 0.0880. The molecule has 8 aromatic rings. The van der Waals surface area contributed by atoms with E-state index in [1.165, 1.54) is 29.3 Å². The van der Waals surface area contributed by atoms with Crippen molar-refractivity contribution >= 4 is 54.8 Å². The number of nitrogens with two attached hydrogens (primary N) is 1. The third-order valence-electron chi connectivity index (χ3n) is 12.1. The number of nitrogens with zero attached hydrogens (tertiary/aromatic N) is 2. The highest BCUT2D eigenvalue weighted by atomic mass is 32.2. The molecule has 6 N–H and O–H groups in total. The van der Waals surface area contributed by atoms with E-state index in [9.17, 15) is 27.9 Å². The van der Waals surface area contributed by atoms with Crippen LogP contribution >= 0.6 is 0 Å². The van der Waals surface area contributed by atoms with Crippen molar-refractivity contribution in [3.8, 4) is 11.5 Å². The molecular weight excluding hydrogens is 905 g/mol. The van der Waals surface area contributed by atoms with Gasteiger partial charge in [0.1, 0.15) is 18.1 Å². The molecule has 0 spiro atoms. The van der Waals surface area contributed by atoms with Crippen molar-refractivity contribution in [1.82, 2.24) is 20.2 Å². The molecule has 0 radical (unpaired) electrons. The number of anilines is 2. The average molecular weight is 959 g/mol. The number of aromatic amines is 1. The Balaban J connectivity index is 0.944. The lowest BCUT2D eigenvalue weighted by Crippen LogP contribution is -2.43. The first-order valence-electron chi connectivity index (χ1n) is 22.6. The summed E-state index contributed by atoms with van der Waals surface area (Å²) in [6, 6.07) is 40.4. The van der Waals surface area contributed by atoms with E-state index in [-0.39, 0.29) is 39.9 Å². The summed E-state index contributed by atoms with van der Waals surface area (Å²) in [4.78, 5) is 47.8. The van der Waals surface area contributed by atoms with Crippen LogP contribution in [0.5, 0.6) is 11.5 Å². The van der Waals surface area contributed by atoms with Crippen molar-refractivity contribution in [1.29, 1.82) is 0 Å². The number of sulfone groups is 1. The van der Waals surface area contributed by atoms with Crippen LogP contribution < -0.4 is 31.4 Å². The van der Waals surface area contributed by atoms with E-state index < -0.39 is 27.4 Å². The van der Waals surface area contributed by atoms with Gasteiger partial charge in [-0.05, 0) is 116 Å². The number of pyridine rings is 2. The van der Waals surface area contributed by atoms with Crippen molar-refractivity contribution in [2.75, 3.05) is 26.0 Å². The highest BCUT2D eigenvalue weighted by Gasteiger charge is 2.25. The molecule has 0 aliphatic heterocycles. The number of methoxy groups -OCH3 is 1. The summed E-state index contributed by atoms with van der Waals surface area (Å²) in [6.45, 7) is 6.43. The van der Waals surface area contributed by atoms with Crippen molar-refractivity contribution in [2.45, 2.75) is 61.8 Å². The molecule has 0 saturated heterocycles. The molecule has 6 aromatic carbocycles. The molecule has 70 heavy (non-hydrogen) atoms. The number of aryl methyl sites for hydroxylation is 1. The number of benzene rings is 6. The third-order valence-corrected chi connectivity index (χ3v) is 13.8. The summed E-state index contributed by atoms with van der Waals surface area (Å²) in [6.07, 6.45) is 0.978. The maximum atomic E-state index is 14.4. The number of H-pyrrole nitrogens is 1. The number of rotatable bonds is 18. The Morgan fingerprint density at radius 1 is 0.843 bits per heavy atom. The molecule has 0 bridgehead atoms. The Hall–Kier alpha value is -7.85. The highest BCUT2D eigenvalue weighted by molar-refractivity contribution is 7.91. The van der Waals surface area contributed by atoms with Gasteiger partial charge in [-0.25, -0.2) is 8.42 Å². The number of aliphatic hydroxyl groups excluding tert-OH is 1. The summed E-state index contributed by atoms with van der Waals surface area (Å²) in [7, 11) is -0.921. The van der Waals surface area contributed by atoms with Crippen LogP contribution in [0.3, 0.4) is 0 Å². The predicted molar refractivity (Wildman–Crippen MR) is 271 cm³/mol. The lowest BCUT2D eigenvalue weighted by atomic mass is 9.93. The molecule has 2 heterocycles. The van der Waals surface area contributed by atoms with Gasteiger partial charge < -0.3 is 40.8 Å². The number of β-amino-alcohol motifs (C(OH)–C–C–N with tert-alkyl or cyclic N) is 1. The first-order valence-corrected chi connectivity index (χ1v) is 24.1. The van der Waals surface area contributed by atoms with Gasteiger partial charge in [-0.15, -0.1) is 0 Å². The van der Waals surface area contributed by atoms with Crippen LogP contribution in [0.15, 0.2) is 160 Å². The normalized spacial score (nSPS) is 12.1. The number of carbonyl (C=O) groups is 2.